The van der Waals surface area contributed by atoms with Gasteiger partial charge >= 0.3 is 0 Å². The highest BCUT2D eigenvalue weighted by Crippen LogP contribution is 2.39. The molecule has 5 heteroatoms. The molecule has 1 atom stereocenters. The molecule has 3 aromatic carbocycles. The fourth-order valence-electron chi connectivity index (χ4n) is 4.32. The smallest absolute Gasteiger partial charge is 0.291 e. The molecule has 4 aromatic rings. The average molecular weight is 425 g/mol. The lowest BCUT2D eigenvalue weighted by atomic mass is 9.97. The summed E-state index contributed by atoms with van der Waals surface area (Å²) in [5.41, 5.74) is 4.60. The fourth-order valence-corrected chi connectivity index (χ4v) is 4.32. The largest absolute Gasteiger partial charge is 0.497 e. The number of rotatable bonds is 4. The van der Waals surface area contributed by atoms with Crippen LogP contribution in [-0.2, 0) is 6.54 Å². The Balaban J connectivity index is 1.68. The first-order valence-electron chi connectivity index (χ1n) is 10.5. The third kappa shape index (κ3) is 3.26. The highest BCUT2D eigenvalue weighted by molar-refractivity contribution is 5.99. The van der Waals surface area contributed by atoms with Crippen LogP contribution in [0.3, 0.4) is 0 Å². The molecule has 32 heavy (non-hydrogen) atoms. The van der Waals surface area contributed by atoms with Gasteiger partial charge < -0.3 is 14.1 Å². The van der Waals surface area contributed by atoms with E-state index in [9.17, 15) is 9.59 Å². The molecule has 1 aromatic heterocycles. The Hall–Kier alpha value is -3.86. The van der Waals surface area contributed by atoms with Gasteiger partial charge in [0.2, 0.25) is 5.76 Å². The number of carbonyl (C=O) groups is 1. The molecular formula is C27H23NO4. The predicted octanol–water partition coefficient (Wildman–Crippen LogP) is 5.16. The first-order chi connectivity index (χ1) is 15.5. The molecule has 0 saturated heterocycles. The van der Waals surface area contributed by atoms with Crippen LogP contribution >= 0.6 is 0 Å². The number of amides is 1. The molecule has 0 bridgehead atoms. The maximum absolute atomic E-state index is 13.6. The summed E-state index contributed by atoms with van der Waals surface area (Å²) in [6.45, 7) is 4.29. The summed E-state index contributed by atoms with van der Waals surface area (Å²) < 4.78 is 11.3. The molecule has 1 aliphatic rings. The molecular weight excluding hydrogens is 402 g/mol. The van der Waals surface area contributed by atoms with Gasteiger partial charge in [-0.15, -0.1) is 0 Å². The number of hydrogen-bond donors (Lipinski definition) is 0. The van der Waals surface area contributed by atoms with E-state index in [1.807, 2.05) is 74.5 Å². The molecule has 5 rings (SSSR count). The number of hydrogen-bond acceptors (Lipinski definition) is 4. The Bertz CT molecular complexity index is 1380. The Labute approximate surface area is 185 Å². The van der Waals surface area contributed by atoms with Crippen molar-refractivity contribution in [3.63, 3.8) is 0 Å². The van der Waals surface area contributed by atoms with E-state index < -0.39 is 6.04 Å². The first-order valence-corrected chi connectivity index (χ1v) is 10.5. The van der Waals surface area contributed by atoms with Crippen molar-refractivity contribution in [1.29, 1.82) is 0 Å². The topological polar surface area (TPSA) is 59.8 Å². The second-order valence-electron chi connectivity index (χ2n) is 8.27. The minimum absolute atomic E-state index is 0.130. The van der Waals surface area contributed by atoms with Crippen molar-refractivity contribution >= 4 is 16.9 Å². The second kappa shape index (κ2) is 7.68. The van der Waals surface area contributed by atoms with E-state index in [-0.39, 0.29) is 17.1 Å². The fraction of sp³-hybridized carbons (Fsp3) is 0.185. The molecule has 5 nitrogen and oxygen atoms in total. The second-order valence-corrected chi connectivity index (χ2v) is 8.27. The average Bonchev–Trinajstić information content (AvgIpc) is 3.07. The molecule has 0 aliphatic carbocycles. The van der Waals surface area contributed by atoms with E-state index in [0.717, 1.165) is 28.0 Å². The third-order valence-corrected chi connectivity index (χ3v) is 6.03. The molecule has 0 spiro atoms. The van der Waals surface area contributed by atoms with Crippen molar-refractivity contribution in [3.05, 3.63) is 111 Å². The van der Waals surface area contributed by atoms with Gasteiger partial charge in [0.1, 0.15) is 11.3 Å². The first kappa shape index (κ1) is 20.1. The highest BCUT2D eigenvalue weighted by atomic mass is 16.5. The summed E-state index contributed by atoms with van der Waals surface area (Å²) >= 11 is 0. The van der Waals surface area contributed by atoms with Crippen LogP contribution < -0.4 is 10.2 Å². The Kier molecular flexibility index (Phi) is 4.82. The number of carbonyl (C=O) groups excluding carboxylic acids is 1. The van der Waals surface area contributed by atoms with Crippen LogP contribution in [0.15, 0.2) is 75.9 Å². The van der Waals surface area contributed by atoms with Crippen LogP contribution in [0, 0.1) is 13.8 Å². The number of methoxy groups -OCH3 is 1. The lowest BCUT2D eigenvalue weighted by molar-refractivity contribution is 0.0714. The maximum Gasteiger partial charge on any atom is 0.291 e. The third-order valence-electron chi connectivity index (χ3n) is 6.03. The summed E-state index contributed by atoms with van der Waals surface area (Å²) in [5, 5.41) is 0.500. The molecule has 0 N–H and O–H groups in total. The van der Waals surface area contributed by atoms with Gasteiger partial charge in [0.25, 0.3) is 5.91 Å². The molecule has 0 radical (unpaired) electrons. The Morgan fingerprint density at radius 1 is 0.906 bits per heavy atom. The molecule has 0 fully saturated rings. The van der Waals surface area contributed by atoms with Gasteiger partial charge in [-0.1, -0.05) is 53.6 Å². The quantitative estimate of drug-likeness (QED) is 0.453. The van der Waals surface area contributed by atoms with E-state index in [2.05, 4.69) is 0 Å². The van der Waals surface area contributed by atoms with Crippen molar-refractivity contribution in [1.82, 2.24) is 4.90 Å². The van der Waals surface area contributed by atoms with Gasteiger partial charge in [-0.3, -0.25) is 9.59 Å². The van der Waals surface area contributed by atoms with E-state index in [1.54, 1.807) is 18.1 Å². The summed E-state index contributed by atoms with van der Waals surface area (Å²) in [6.07, 6.45) is 0. The van der Waals surface area contributed by atoms with Crippen LogP contribution in [-0.4, -0.2) is 17.9 Å². The zero-order valence-electron chi connectivity index (χ0n) is 18.2. The lowest BCUT2D eigenvalue weighted by Crippen LogP contribution is -2.29. The lowest BCUT2D eigenvalue weighted by Gasteiger charge is -2.25. The van der Waals surface area contributed by atoms with Crippen LogP contribution in [0.2, 0.25) is 0 Å². The number of nitrogens with zero attached hydrogens (tertiary/aromatic N) is 1. The van der Waals surface area contributed by atoms with Crippen molar-refractivity contribution < 1.29 is 13.9 Å². The molecule has 160 valence electrons. The Morgan fingerprint density at radius 2 is 1.59 bits per heavy atom. The van der Waals surface area contributed by atoms with Crippen molar-refractivity contribution in [2.24, 2.45) is 0 Å². The van der Waals surface area contributed by atoms with Gasteiger partial charge in [-0.25, -0.2) is 0 Å². The maximum atomic E-state index is 13.6. The Morgan fingerprint density at radius 3 is 2.28 bits per heavy atom. The number of aryl methyl sites for hydroxylation is 2. The molecule has 1 unspecified atom stereocenters. The monoisotopic (exact) mass is 425 g/mol. The van der Waals surface area contributed by atoms with E-state index in [0.29, 0.717) is 23.1 Å². The SMILES string of the molecule is COc1ccc(CN2C(=O)c3oc4ccc(C)cc4c(=O)c3C2c2ccc(C)cc2)cc1. The normalized spacial score (nSPS) is 15.3. The molecule has 0 saturated carbocycles. The van der Waals surface area contributed by atoms with Gasteiger partial charge in [-0.2, -0.15) is 0 Å². The van der Waals surface area contributed by atoms with Crippen LogP contribution in [0.25, 0.3) is 11.0 Å². The highest BCUT2D eigenvalue weighted by Gasteiger charge is 2.42. The minimum atomic E-state index is -0.513. The summed E-state index contributed by atoms with van der Waals surface area (Å²) in [5.74, 6) is 0.602. The number of ether oxygens (including phenoxy) is 1. The number of benzene rings is 3. The van der Waals surface area contributed by atoms with E-state index >= 15 is 0 Å². The van der Waals surface area contributed by atoms with E-state index in [1.165, 1.54) is 0 Å². The summed E-state index contributed by atoms with van der Waals surface area (Å²) in [6, 6.07) is 20.5. The van der Waals surface area contributed by atoms with Crippen molar-refractivity contribution in [3.8, 4) is 5.75 Å². The minimum Gasteiger partial charge on any atom is -0.497 e. The van der Waals surface area contributed by atoms with Crippen molar-refractivity contribution in [2.75, 3.05) is 7.11 Å². The molecule has 1 aliphatic heterocycles. The molecule has 1 amide bonds. The zero-order valence-corrected chi connectivity index (χ0v) is 18.2. The van der Waals surface area contributed by atoms with Gasteiger partial charge in [-0.05, 0) is 49.2 Å². The predicted molar refractivity (Wildman–Crippen MR) is 123 cm³/mol. The standard InChI is InChI=1S/C27H23NO4/c1-16-4-9-19(10-5-16)24-23-25(29)21-14-17(2)6-13-22(21)32-26(23)27(30)28(24)15-18-7-11-20(31-3)12-8-18/h4-14,24H,15H2,1-3H3. The number of fused-ring (bicyclic) bond motifs is 2. The van der Waals surface area contributed by atoms with Crippen LogP contribution in [0.4, 0.5) is 0 Å². The van der Waals surface area contributed by atoms with E-state index in [4.69, 9.17) is 9.15 Å². The zero-order chi connectivity index (χ0) is 22.4. The van der Waals surface area contributed by atoms with Crippen LogP contribution in [0.5, 0.6) is 5.75 Å². The van der Waals surface area contributed by atoms with Crippen LogP contribution in [0.1, 0.15) is 44.4 Å². The van der Waals surface area contributed by atoms with Gasteiger partial charge in [0.15, 0.2) is 5.43 Å². The summed E-state index contributed by atoms with van der Waals surface area (Å²) in [4.78, 5) is 28.8. The van der Waals surface area contributed by atoms with Gasteiger partial charge in [0, 0.05) is 6.54 Å². The summed E-state index contributed by atoms with van der Waals surface area (Å²) in [7, 11) is 1.62. The molecule has 2 heterocycles. The van der Waals surface area contributed by atoms with Crippen molar-refractivity contribution in [2.45, 2.75) is 26.4 Å². The van der Waals surface area contributed by atoms with Gasteiger partial charge in [0.05, 0.1) is 24.1 Å².